The lowest BCUT2D eigenvalue weighted by Gasteiger charge is -2.08. The topological polar surface area (TPSA) is 0 Å². The standard InChI is InChI=1S/C10H9BrCl2/c1-5-2-6-3-7(12)4-8(13)9(6)10(5)11/h3-5,10H,2H2,1H3. The van der Waals surface area contributed by atoms with Crippen LogP contribution >= 0.6 is 39.1 Å². The fourth-order valence-electron chi connectivity index (χ4n) is 1.85. The maximum absolute atomic E-state index is 6.12. The first-order valence-electron chi connectivity index (χ1n) is 4.21. The Morgan fingerprint density at radius 3 is 2.77 bits per heavy atom. The molecule has 13 heavy (non-hydrogen) atoms. The molecule has 1 aromatic carbocycles. The molecule has 70 valence electrons. The molecule has 0 N–H and O–H groups in total. The second-order valence-corrected chi connectivity index (χ2v) is 5.37. The average Bonchev–Trinajstić information content (AvgIpc) is 2.27. The summed E-state index contributed by atoms with van der Waals surface area (Å²) >= 11 is 15.7. The van der Waals surface area contributed by atoms with Crippen LogP contribution in [0.15, 0.2) is 12.1 Å². The van der Waals surface area contributed by atoms with E-state index in [9.17, 15) is 0 Å². The van der Waals surface area contributed by atoms with Gasteiger partial charge in [-0.15, -0.1) is 0 Å². The fraction of sp³-hybridized carbons (Fsp3) is 0.400. The largest absolute Gasteiger partial charge is 0.0843 e. The molecule has 0 aliphatic heterocycles. The molecule has 2 unspecified atom stereocenters. The summed E-state index contributed by atoms with van der Waals surface area (Å²) in [6.07, 6.45) is 1.06. The molecule has 0 spiro atoms. The lowest BCUT2D eigenvalue weighted by atomic mass is 10.1. The molecule has 2 rings (SSSR count). The summed E-state index contributed by atoms with van der Waals surface area (Å²) < 4.78 is 0. The predicted molar refractivity (Wildman–Crippen MR) is 61.0 cm³/mol. The molecule has 0 bridgehead atoms. The highest BCUT2D eigenvalue weighted by atomic mass is 79.9. The quantitative estimate of drug-likeness (QED) is 0.608. The van der Waals surface area contributed by atoms with E-state index in [0.29, 0.717) is 10.7 Å². The summed E-state index contributed by atoms with van der Waals surface area (Å²) in [5.74, 6) is 0.603. The van der Waals surface area contributed by atoms with Gasteiger partial charge in [-0.3, -0.25) is 0 Å². The Morgan fingerprint density at radius 2 is 2.08 bits per heavy atom. The first kappa shape index (κ1) is 9.82. The highest BCUT2D eigenvalue weighted by Gasteiger charge is 2.29. The van der Waals surface area contributed by atoms with Crippen molar-refractivity contribution in [2.45, 2.75) is 18.2 Å². The summed E-state index contributed by atoms with van der Waals surface area (Å²) in [7, 11) is 0. The zero-order valence-corrected chi connectivity index (χ0v) is 10.2. The van der Waals surface area contributed by atoms with Crippen molar-refractivity contribution >= 4 is 39.1 Å². The van der Waals surface area contributed by atoms with Gasteiger partial charge in [0.05, 0.1) is 0 Å². The summed E-state index contributed by atoms with van der Waals surface area (Å²) in [6, 6.07) is 3.83. The van der Waals surface area contributed by atoms with Gasteiger partial charge < -0.3 is 0 Å². The molecule has 1 aliphatic carbocycles. The van der Waals surface area contributed by atoms with Gasteiger partial charge >= 0.3 is 0 Å². The van der Waals surface area contributed by atoms with Gasteiger partial charge in [0, 0.05) is 14.9 Å². The SMILES string of the molecule is CC1Cc2cc(Cl)cc(Cl)c2C1Br. The van der Waals surface area contributed by atoms with Crippen LogP contribution in [-0.4, -0.2) is 0 Å². The molecule has 0 saturated carbocycles. The van der Waals surface area contributed by atoms with Crippen LogP contribution in [0.4, 0.5) is 0 Å². The first-order chi connectivity index (χ1) is 6.09. The third-order valence-corrected chi connectivity index (χ3v) is 4.39. The Balaban J connectivity index is 2.57. The van der Waals surface area contributed by atoms with Crippen molar-refractivity contribution in [2.75, 3.05) is 0 Å². The number of benzene rings is 1. The first-order valence-corrected chi connectivity index (χ1v) is 5.88. The molecule has 0 radical (unpaired) electrons. The van der Waals surface area contributed by atoms with Crippen LogP contribution in [-0.2, 0) is 6.42 Å². The van der Waals surface area contributed by atoms with Crippen molar-refractivity contribution in [3.63, 3.8) is 0 Å². The van der Waals surface area contributed by atoms with E-state index in [2.05, 4.69) is 22.9 Å². The van der Waals surface area contributed by atoms with Gasteiger partial charge in [0.25, 0.3) is 0 Å². The van der Waals surface area contributed by atoms with E-state index >= 15 is 0 Å². The predicted octanol–water partition coefficient (Wildman–Crippen LogP) is 4.62. The molecule has 0 fully saturated rings. The Hall–Kier alpha value is 0.280. The van der Waals surface area contributed by atoms with E-state index in [4.69, 9.17) is 23.2 Å². The van der Waals surface area contributed by atoms with Gasteiger partial charge in [-0.05, 0) is 35.6 Å². The minimum atomic E-state index is 0.382. The molecule has 3 heteroatoms. The zero-order valence-electron chi connectivity index (χ0n) is 7.15. The lowest BCUT2D eigenvalue weighted by molar-refractivity contribution is 0.623. The van der Waals surface area contributed by atoms with E-state index in [-0.39, 0.29) is 0 Å². The molecule has 0 amide bonds. The van der Waals surface area contributed by atoms with Gasteiger partial charge in [0.15, 0.2) is 0 Å². The van der Waals surface area contributed by atoms with Crippen LogP contribution in [0.1, 0.15) is 22.9 Å². The second-order valence-electron chi connectivity index (χ2n) is 3.54. The zero-order chi connectivity index (χ0) is 9.59. The van der Waals surface area contributed by atoms with Crippen molar-refractivity contribution in [1.82, 2.24) is 0 Å². The average molecular weight is 280 g/mol. The number of halogens is 3. The summed E-state index contributed by atoms with van der Waals surface area (Å²) in [4.78, 5) is 0.382. The van der Waals surface area contributed by atoms with E-state index in [1.807, 2.05) is 12.1 Å². The molecule has 0 saturated heterocycles. The lowest BCUT2D eigenvalue weighted by Crippen LogP contribution is -1.94. The molecule has 0 aromatic heterocycles. The Morgan fingerprint density at radius 1 is 1.38 bits per heavy atom. The van der Waals surface area contributed by atoms with Crippen LogP contribution in [0.2, 0.25) is 10.0 Å². The maximum Gasteiger partial charge on any atom is 0.0467 e. The number of rotatable bonds is 0. The molecule has 0 nitrogen and oxygen atoms in total. The van der Waals surface area contributed by atoms with Gasteiger partial charge in [0.2, 0.25) is 0 Å². The van der Waals surface area contributed by atoms with Crippen LogP contribution in [0.25, 0.3) is 0 Å². The van der Waals surface area contributed by atoms with Gasteiger partial charge in [0.1, 0.15) is 0 Å². The van der Waals surface area contributed by atoms with Crippen molar-refractivity contribution in [2.24, 2.45) is 5.92 Å². The second kappa shape index (κ2) is 3.45. The Labute approximate surface area is 96.4 Å². The van der Waals surface area contributed by atoms with Gasteiger partial charge in [-0.25, -0.2) is 0 Å². The Kier molecular flexibility index (Phi) is 2.61. The number of hydrogen-bond acceptors (Lipinski definition) is 0. The third kappa shape index (κ3) is 1.62. The highest BCUT2D eigenvalue weighted by molar-refractivity contribution is 9.09. The van der Waals surface area contributed by atoms with Crippen LogP contribution < -0.4 is 0 Å². The third-order valence-electron chi connectivity index (χ3n) is 2.50. The van der Waals surface area contributed by atoms with E-state index in [1.165, 1.54) is 11.1 Å². The van der Waals surface area contributed by atoms with Crippen molar-refractivity contribution in [3.8, 4) is 0 Å². The summed E-state index contributed by atoms with van der Waals surface area (Å²) in [5, 5.41) is 1.52. The van der Waals surface area contributed by atoms with Gasteiger partial charge in [-0.2, -0.15) is 0 Å². The van der Waals surface area contributed by atoms with E-state index < -0.39 is 0 Å². The number of hydrogen-bond donors (Lipinski definition) is 0. The fourth-order valence-corrected chi connectivity index (χ4v) is 3.36. The van der Waals surface area contributed by atoms with Gasteiger partial charge in [-0.1, -0.05) is 46.1 Å². The summed E-state index contributed by atoms with van der Waals surface area (Å²) in [5.41, 5.74) is 2.51. The Bertz CT molecular complexity index is 349. The van der Waals surface area contributed by atoms with Crippen LogP contribution in [0.5, 0.6) is 0 Å². The van der Waals surface area contributed by atoms with E-state index in [1.54, 1.807) is 0 Å². The van der Waals surface area contributed by atoms with Crippen LogP contribution in [0, 0.1) is 5.92 Å². The molecule has 2 atom stereocenters. The van der Waals surface area contributed by atoms with Crippen LogP contribution in [0.3, 0.4) is 0 Å². The molecular formula is C10H9BrCl2. The number of fused-ring (bicyclic) bond motifs is 1. The highest BCUT2D eigenvalue weighted by Crippen LogP contribution is 2.46. The smallest absolute Gasteiger partial charge is 0.0467 e. The minimum absolute atomic E-state index is 0.382. The van der Waals surface area contributed by atoms with Crippen molar-refractivity contribution in [3.05, 3.63) is 33.3 Å². The van der Waals surface area contributed by atoms with Crippen molar-refractivity contribution < 1.29 is 0 Å². The maximum atomic E-state index is 6.12. The minimum Gasteiger partial charge on any atom is -0.0843 e. The number of alkyl halides is 1. The molecule has 1 aliphatic rings. The normalized spacial score (nSPS) is 26.2. The molecular weight excluding hydrogens is 271 g/mol. The summed E-state index contributed by atoms with van der Waals surface area (Å²) in [6.45, 7) is 2.21. The molecule has 1 aromatic rings. The molecule has 0 heterocycles. The van der Waals surface area contributed by atoms with Crippen molar-refractivity contribution in [1.29, 1.82) is 0 Å². The monoisotopic (exact) mass is 278 g/mol. The van der Waals surface area contributed by atoms with E-state index in [0.717, 1.165) is 16.5 Å².